The molecule has 4 rings (SSSR count). The van der Waals surface area contributed by atoms with Crippen molar-refractivity contribution >= 4 is 72.4 Å². The molecule has 1 aliphatic heterocycles. The highest BCUT2D eigenvalue weighted by molar-refractivity contribution is 7.89. The third-order valence-corrected chi connectivity index (χ3v) is 10.5. The second-order valence-electron chi connectivity index (χ2n) is 11.0. The Hall–Kier alpha value is -3.14. The Kier molecular flexibility index (Phi) is 11.0. The summed E-state index contributed by atoms with van der Waals surface area (Å²) in [6.07, 6.45) is 0.451. The van der Waals surface area contributed by atoms with Crippen LogP contribution in [-0.2, 0) is 19.6 Å². The van der Waals surface area contributed by atoms with Crippen LogP contribution in [0.2, 0.25) is 10.0 Å². The fourth-order valence-electron chi connectivity index (χ4n) is 4.91. The molecule has 44 heavy (non-hydrogen) atoms. The highest BCUT2D eigenvalue weighted by Crippen LogP contribution is 2.27. The van der Waals surface area contributed by atoms with Gasteiger partial charge in [0.05, 0.1) is 28.5 Å². The van der Waals surface area contributed by atoms with Crippen LogP contribution in [0.5, 0.6) is 0 Å². The minimum Gasteiger partial charge on any atom is -0.340 e. The Labute approximate surface area is 271 Å². The van der Waals surface area contributed by atoms with E-state index in [9.17, 15) is 22.8 Å². The molecule has 1 fully saturated rings. The van der Waals surface area contributed by atoms with Gasteiger partial charge in [-0.3, -0.25) is 14.4 Å². The fraction of sp³-hybridized carbons (Fsp3) is 0.387. The number of thiophene rings is 1. The molecule has 3 aromatic rings. The van der Waals surface area contributed by atoms with E-state index in [1.54, 1.807) is 11.8 Å². The molecule has 0 spiro atoms. The summed E-state index contributed by atoms with van der Waals surface area (Å²) in [7, 11) is -4.14. The van der Waals surface area contributed by atoms with E-state index >= 15 is 0 Å². The molecule has 1 aromatic heterocycles. The van der Waals surface area contributed by atoms with Gasteiger partial charge in [0.25, 0.3) is 5.91 Å². The van der Waals surface area contributed by atoms with Crippen LogP contribution in [-0.4, -0.2) is 73.7 Å². The summed E-state index contributed by atoms with van der Waals surface area (Å²) >= 11 is 13.4. The molecule has 0 radical (unpaired) electrons. The van der Waals surface area contributed by atoms with Gasteiger partial charge in [0.15, 0.2) is 0 Å². The number of hydrogen-bond acceptors (Lipinski definition) is 6. The van der Waals surface area contributed by atoms with E-state index in [4.69, 9.17) is 23.2 Å². The molecule has 0 aliphatic carbocycles. The van der Waals surface area contributed by atoms with Crippen LogP contribution in [0.25, 0.3) is 10.1 Å². The third-order valence-electron chi connectivity index (χ3n) is 7.17. The minimum atomic E-state index is -4.14. The van der Waals surface area contributed by atoms with Gasteiger partial charge >= 0.3 is 0 Å². The Morgan fingerprint density at radius 1 is 1.09 bits per heavy atom. The molecule has 2 atom stereocenters. The van der Waals surface area contributed by atoms with Crippen LogP contribution in [0.15, 0.2) is 53.4 Å². The lowest BCUT2D eigenvalue weighted by Crippen LogP contribution is -2.66. The Balaban J connectivity index is 1.43. The zero-order valence-corrected chi connectivity index (χ0v) is 27.9. The first-order chi connectivity index (χ1) is 20.8. The largest absolute Gasteiger partial charge is 0.340 e. The van der Waals surface area contributed by atoms with Gasteiger partial charge in [-0.2, -0.15) is 4.72 Å². The maximum atomic E-state index is 13.6. The van der Waals surface area contributed by atoms with Crippen LogP contribution in [0.3, 0.4) is 0 Å². The molecule has 1 unspecified atom stereocenters. The number of rotatable bonds is 11. The lowest BCUT2D eigenvalue weighted by molar-refractivity contribution is -0.148. The molecule has 1 aliphatic rings. The molecule has 3 amide bonds. The molecule has 13 heteroatoms. The monoisotopic (exact) mass is 676 g/mol. The number of carbonyl (C=O) groups excluding carboxylic acids is 3. The van der Waals surface area contributed by atoms with E-state index in [1.165, 1.54) is 41.4 Å². The summed E-state index contributed by atoms with van der Waals surface area (Å²) in [6, 6.07) is 11.3. The van der Waals surface area contributed by atoms with Gasteiger partial charge in [0.2, 0.25) is 21.8 Å². The Morgan fingerprint density at radius 3 is 2.43 bits per heavy atom. The van der Waals surface area contributed by atoms with E-state index in [0.29, 0.717) is 11.3 Å². The van der Waals surface area contributed by atoms with Gasteiger partial charge < -0.3 is 15.1 Å². The number of nitrogens with one attached hydrogen (secondary N) is 2. The highest BCUT2D eigenvalue weighted by atomic mass is 35.5. The summed E-state index contributed by atoms with van der Waals surface area (Å²) in [4.78, 5) is 43.6. The van der Waals surface area contributed by atoms with Crippen molar-refractivity contribution in [3.63, 3.8) is 0 Å². The van der Waals surface area contributed by atoms with E-state index in [2.05, 4.69) is 21.9 Å². The Morgan fingerprint density at radius 2 is 1.80 bits per heavy atom. The van der Waals surface area contributed by atoms with Crippen molar-refractivity contribution in [2.24, 2.45) is 5.92 Å². The fourth-order valence-corrected chi connectivity index (χ4v) is 7.84. The number of carbonyl (C=O) groups is 3. The van der Waals surface area contributed by atoms with Crippen LogP contribution in [0, 0.1) is 17.8 Å². The number of hydrogen-bond donors (Lipinski definition) is 2. The smallest absolute Gasteiger partial charge is 0.262 e. The number of likely N-dealkylation sites (tertiary alicyclic amines) is 1. The topological polar surface area (TPSA) is 116 Å². The minimum absolute atomic E-state index is 0.0634. The molecule has 0 bridgehead atoms. The van der Waals surface area contributed by atoms with E-state index in [1.807, 2.05) is 44.2 Å². The van der Waals surface area contributed by atoms with Crippen LogP contribution in [0.4, 0.5) is 0 Å². The number of amides is 3. The maximum Gasteiger partial charge on any atom is 0.262 e. The molecule has 2 N–H and O–H groups in total. The predicted molar refractivity (Wildman–Crippen MR) is 174 cm³/mol. The SMILES string of the molecule is CC#CCN(C(=O)[C@H](C)NS(=O)(=O)c1ccc(Cl)cc1Cl)C1CN(C(=O)C(CC(C)C)NC(=O)c2cc3ccccc3s2)C1. The average Bonchev–Trinajstić information content (AvgIpc) is 3.37. The first-order valence-corrected chi connectivity index (χ1v) is 17.1. The van der Waals surface area contributed by atoms with Crippen LogP contribution >= 0.6 is 34.5 Å². The number of sulfonamides is 1. The van der Waals surface area contributed by atoms with Crippen molar-refractivity contribution in [3.05, 3.63) is 63.5 Å². The van der Waals surface area contributed by atoms with Crippen molar-refractivity contribution in [2.75, 3.05) is 19.6 Å². The standard InChI is InChI=1S/C31H34Cl2N4O5S2/c1-5-6-13-37(30(39)20(4)35-44(41,42)28-12-11-22(32)16-24(28)33)23-17-36(18-23)31(40)25(14-19(2)3)34-29(38)27-15-21-9-7-8-10-26(21)43-27/h7-12,15-16,19-20,23,25,35H,13-14,17-18H2,1-4H3,(H,34,38)/t20-,25?/m0/s1. The van der Waals surface area contributed by atoms with Gasteiger partial charge in [0, 0.05) is 22.8 Å². The van der Waals surface area contributed by atoms with Crippen molar-refractivity contribution in [3.8, 4) is 11.8 Å². The lowest BCUT2D eigenvalue weighted by Gasteiger charge is -2.46. The second kappa shape index (κ2) is 14.3. The zero-order valence-electron chi connectivity index (χ0n) is 24.8. The number of fused-ring (bicyclic) bond motifs is 1. The van der Waals surface area contributed by atoms with Gasteiger partial charge in [-0.25, -0.2) is 8.42 Å². The summed E-state index contributed by atoms with van der Waals surface area (Å²) < 4.78 is 29.4. The van der Waals surface area contributed by atoms with Crippen molar-refractivity contribution in [2.45, 2.75) is 57.1 Å². The second-order valence-corrected chi connectivity index (χ2v) is 14.6. The lowest BCUT2D eigenvalue weighted by atomic mass is 9.99. The van der Waals surface area contributed by atoms with Crippen molar-refractivity contribution in [1.29, 1.82) is 0 Å². The number of halogens is 2. The Bertz CT molecular complexity index is 1690. The molecular formula is C31H34Cl2N4O5S2. The molecule has 0 saturated carbocycles. The molecular weight excluding hydrogens is 643 g/mol. The highest BCUT2D eigenvalue weighted by Gasteiger charge is 2.41. The quantitative estimate of drug-likeness (QED) is 0.284. The maximum absolute atomic E-state index is 13.6. The zero-order chi connectivity index (χ0) is 32.2. The summed E-state index contributed by atoms with van der Waals surface area (Å²) in [5.74, 6) is 4.75. The molecule has 9 nitrogen and oxygen atoms in total. The van der Waals surface area contributed by atoms with Crippen molar-refractivity contribution < 1.29 is 22.8 Å². The first kappa shape index (κ1) is 33.7. The summed E-state index contributed by atoms with van der Waals surface area (Å²) in [6.45, 7) is 7.57. The summed E-state index contributed by atoms with van der Waals surface area (Å²) in [5.41, 5.74) is 0. The first-order valence-electron chi connectivity index (χ1n) is 14.1. The summed E-state index contributed by atoms with van der Waals surface area (Å²) in [5, 5.41) is 4.10. The van der Waals surface area contributed by atoms with Gasteiger partial charge in [0.1, 0.15) is 10.9 Å². The van der Waals surface area contributed by atoms with Gasteiger partial charge in [-0.15, -0.1) is 17.3 Å². The molecule has 234 valence electrons. The normalized spacial score (nSPS) is 14.8. The molecule has 1 saturated heterocycles. The number of nitrogens with zero attached hydrogens (tertiary/aromatic N) is 2. The molecule has 2 heterocycles. The predicted octanol–water partition coefficient (Wildman–Crippen LogP) is 4.78. The van der Waals surface area contributed by atoms with Crippen LogP contribution in [0.1, 0.15) is 43.8 Å². The van der Waals surface area contributed by atoms with E-state index in [0.717, 1.165) is 10.1 Å². The van der Waals surface area contributed by atoms with Crippen molar-refractivity contribution in [1.82, 2.24) is 19.8 Å². The molecule has 2 aromatic carbocycles. The average molecular weight is 678 g/mol. The van der Waals surface area contributed by atoms with Gasteiger partial charge in [-0.05, 0) is 61.9 Å². The van der Waals surface area contributed by atoms with Crippen LogP contribution < -0.4 is 10.0 Å². The van der Waals surface area contributed by atoms with Gasteiger partial charge in [-0.1, -0.05) is 61.2 Å². The van der Waals surface area contributed by atoms with E-state index < -0.39 is 28.0 Å². The van der Waals surface area contributed by atoms with E-state index in [-0.39, 0.29) is 58.3 Å². The third kappa shape index (κ3) is 7.92. The number of benzene rings is 2.